The number of aliphatic hydroxyl groups excluding tert-OH is 1. The number of benzene rings is 1. The van der Waals surface area contributed by atoms with Crippen molar-refractivity contribution in [3.8, 4) is 22.4 Å². The number of rotatable bonds is 9. The average molecular weight is 427 g/mol. The molecule has 1 aromatic carbocycles. The summed E-state index contributed by atoms with van der Waals surface area (Å²) in [7, 11) is -1.06. The topological polar surface area (TPSA) is 90.0 Å². The van der Waals surface area contributed by atoms with Crippen molar-refractivity contribution < 1.29 is 9.32 Å². The highest BCUT2D eigenvalue weighted by Gasteiger charge is 2.24. The maximum absolute atomic E-state index is 12.6. The maximum atomic E-state index is 12.6. The Morgan fingerprint density at radius 2 is 1.87 bits per heavy atom. The minimum atomic E-state index is -1.06. The zero-order valence-corrected chi connectivity index (χ0v) is 18.0. The van der Waals surface area contributed by atoms with Gasteiger partial charge in [-0.25, -0.2) is 4.68 Å². The highest BCUT2D eigenvalue weighted by atomic mass is 32.2. The van der Waals surface area contributed by atoms with Gasteiger partial charge in [-0.2, -0.15) is 0 Å². The average Bonchev–Trinajstić information content (AvgIpc) is 3.21. The Hall–Kier alpha value is -2.84. The summed E-state index contributed by atoms with van der Waals surface area (Å²) in [6.45, 7) is 6.56. The molecule has 3 aromatic rings. The summed E-state index contributed by atoms with van der Waals surface area (Å²) in [4.78, 5) is 12.6. The number of aromatic nitrogens is 4. The van der Waals surface area contributed by atoms with Crippen LogP contribution in [0.5, 0.6) is 0 Å². The number of nitrogens with zero attached hydrogens (tertiary/aromatic N) is 4. The van der Waals surface area contributed by atoms with Crippen LogP contribution in [0.25, 0.3) is 22.4 Å². The van der Waals surface area contributed by atoms with Crippen LogP contribution < -0.4 is 5.56 Å². The van der Waals surface area contributed by atoms with E-state index >= 15 is 0 Å². The minimum absolute atomic E-state index is 0.0103. The number of aryl methyl sites for hydroxylation is 1. The van der Waals surface area contributed by atoms with Gasteiger partial charge in [-0.3, -0.25) is 9.00 Å². The molecule has 2 unspecified atom stereocenters. The lowest BCUT2D eigenvalue weighted by Crippen LogP contribution is -2.31. The predicted octanol–water partition coefficient (Wildman–Crippen LogP) is 2.48. The molecule has 3 rings (SSSR count). The van der Waals surface area contributed by atoms with Crippen molar-refractivity contribution in [1.82, 2.24) is 19.6 Å². The lowest BCUT2D eigenvalue weighted by Gasteiger charge is -2.23. The number of aliphatic hydroxyl groups is 1. The van der Waals surface area contributed by atoms with Crippen LogP contribution in [0.1, 0.15) is 13.3 Å². The van der Waals surface area contributed by atoms with Crippen molar-refractivity contribution in [3.05, 3.63) is 71.8 Å². The van der Waals surface area contributed by atoms with Crippen molar-refractivity contribution in [3.63, 3.8) is 0 Å². The van der Waals surface area contributed by atoms with E-state index in [1.54, 1.807) is 40.0 Å². The molecule has 0 aliphatic carbocycles. The van der Waals surface area contributed by atoms with Gasteiger partial charge in [0.15, 0.2) is 0 Å². The summed E-state index contributed by atoms with van der Waals surface area (Å²) in [6, 6.07) is 11.3. The van der Waals surface area contributed by atoms with Crippen LogP contribution in [0.4, 0.5) is 0 Å². The molecule has 0 fully saturated rings. The van der Waals surface area contributed by atoms with E-state index in [1.807, 2.05) is 37.3 Å². The second-order valence-corrected chi connectivity index (χ2v) is 9.18. The normalized spacial score (nSPS) is 14.2. The Morgan fingerprint density at radius 1 is 1.17 bits per heavy atom. The van der Waals surface area contributed by atoms with Gasteiger partial charge in [-0.15, -0.1) is 11.7 Å². The second kappa shape index (κ2) is 9.32. The first-order chi connectivity index (χ1) is 14.4. The fourth-order valence-electron chi connectivity index (χ4n) is 3.05. The third-order valence-corrected chi connectivity index (χ3v) is 7.00. The van der Waals surface area contributed by atoms with E-state index in [0.29, 0.717) is 19.5 Å². The molecule has 7 nitrogen and oxygen atoms in total. The van der Waals surface area contributed by atoms with E-state index in [2.05, 4.69) is 16.9 Å². The summed E-state index contributed by atoms with van der Waals surface area (Å²) >= 11 is 0. The molecule has 0 bridgehead atoms. The SMILES string of the molecule is C=CC(C)(CCn1ccc(-c2ccc(-c3cn(CCO)nn3)cc2)cc1=O)S(C)=O. The van der Waals surface area contributed by atoms with Crippen molar-refractivity contribution >= 4 is 10.8 Å². The molecule has 1 N–H and O–H groups in total. The zero-order valence-electron chi connectivity index (χ0n) is 17.2. The van der Waals surface area contributed by atoms with Crippen LogP contribution in [-0.4, -0.2) is 46.5 Å². The first-order valence-electron chi connectivity index (χ1n) is 9.66. The molecule has 2 heterocycles. The van der Waals surface area contributed by atoms with E-state index < -0.39 is 15.5 Å². The molecular formula is C22H26N4O3S. The summed E-state index contributed by atoms with van der Waals surface area (Å²) in [6.07, 6.45) is 7.49. The van der Waals surface area contributed by atoms with Crippen LogP contribution in [0, 0.1) is 0 Å². The second-order valence-electron chi connectivity index (χ2n) is 7.34. The summed E-state index contributed by atoms with van der Waals surface area (Å²) < 4.78 is 14.6. The molecule has 0 amide bonds. The lowest BCUT2D eigenvalue weighted by molar-refractivity contribution is 0.268. The van der Waals surface area contributed by atoms with Gasteiger partial charge >= 0.3 is 0 Å². The molecule has 0 saturated carbocycles. The monoisotopic (exact) mass is 426 g/mol. The van der Waals surface area contributed by atoms with Crippen LogP contribution >= 0.6 is 0 Å². The molecule has 0 saturated heterocycles. The third kappa shape index (κ3) is 4.83. The van der Waals surface area contributed by atoms with E-state index in [9.17, 15) is 9.00 Å². The summed E-state index contributed by atoms with van der Waals surface area (Å²) in [5.41, 5.74) is 3.29. The first-order valence-corrected chi connectivity index (χ1v) is 11.2. The largest absolute Gasteiger partial charge is 0.394 e. The zero-order chi connectivity index (χ0) is 21.7. The number of hydrogen-bond acceptors (Lipinski definition) is 5. The molecule has 0 spiro atoms. The predicted molar refractivity (Wildman–Crippen MR) is 120 cm³/mol. The van der Waals surface area contributed by atoms with Gasteiger partial charge in [0.05, 0.1) is 24.1 Å². The van der Waals surface area contributed by atoms with Gasteiger partial charge in [-0.05, 0) is 30.5 Å². The highest BCUT2D eigenvalue weighted by molar-refractivity contribution is 7.85. The summed E-state index contributed by atoms with van der Waals surface area (Å²) in [5.74, 6) is 0. The molecule has 0 aliphatic heterocycles. The minimum Gasteiger partial charge on any atom is -0.394 e. The highest BCUT2D eigenvalue weighted by Crippen LogP contribution is 2.23. The molecule has 0 radical (unpaired) electrons. The maximum Gasteiger partial charge on any atom is 0.251 e. The van der Waals surface area contributed by atoms with Crippen LogP contribution in [-0.2, 0) is 23.9 Å². The van der Waals surface area contributed by atoms with Gasteiger partial charge in [0, 0.05) is 41.4 Å². The Kier molecular flexibility index (Phi) is 6.79. The quantitative estimate of drug-likeness (QED) is 0.531. The molecule has 2 aromatic heterocycles. The standard InChI is InChI=1S/C22H26N4O3S/c1-4-22(2,30(3)29)10-12-25-11-9-19(15-21(25)28)17-5-7-18(8-6-17)20-16-26(13-14-27)24-23-20/h4-9,11,15-16,27H,1,10,12-14H2,2-3H3. The Morgan fingerprint density at radius 3 is 2.47 bits per heavy atom. The molecule has 8 heteroatoms. The van der Waals surface area contributed by atoms with Gasteiger partial charge in [0.2, 0.25) is 0 Å². The van der Waals surface area contributed by atoms with E-state index in [1.165, 1.54) is 0 Å². The van der Waals surface area contributed by atoms with Crippen molar-refractivity contribution in [1.29, 1.82) is 0 Å². The Labute approximate surface area is 178 Å². The summed E-state index contributed by atoms with van der Waals surface area (Å²) in [5, 5.41) is 17.1. The Bertz CT molecular complexity index is 1100. The fourth-order valence-corrected chi connectivity index (χ4v) is 3.67. The third-order valence-electron chi connectivity index (χ3n) is 5.32. The van der Waals surface area contributed by atoms with Crippen molar-refractivity contribution in [2.24, 2.45) is 0 Å². The van der Waals surface area contributed by atoms with E-state index in [-0.39, 0.29) is 12.2 Å². The fraction of sp³-hybridized carbons (Fsp3) is 0.318. The van der Waals surface area contributed by atoms with Gasteiger partial charge in [-0.1, -0.05) is 35.6 Å². The molecular weight excluding hydrogens is 400 g/mol. The Balaban J connectivity index is 1.75. The van der Waals surface area contributed by atoms with Crippen molar-refractivity contribution in [2.75, 3.05) is 12.9 Å². The molecule has 0 aliphatic rings. The van der Waals surface area contributed by atoms with Crippen LogP contribution in [0.3, 0.4) is 0 Å². The molecule has 158 valence electrons. The molecule has 30 heavy (non-hydrogen) atoms. The smallest absolute Gasteiger partial charge is 0.251 e. The molecule has 2 atom stereocenters. The lowest BCUT2D eigenvalue weighted by atomic mass is 10.0. The van der Waals surface area contributed by atoms with E-state index in [4.69, 9.17) is 5.11 Å². The van der Waals surface area contributed by atoms with Crippen LogP contribution in [0.15, 0.2) is 66.2 Å². The van der Waals surface area contributed by atoms with Gasteiger partial charge in [0.1, 0.15) is 5.69 Å². The number of hydrogen-bond donors (Lipinski definition) is 1. The van der Waals surface area contributed by atoms with Gasteiger partial charge in [0.25, 0.3) is 5.56 Å². The van der Waals surface area contributed by atoms with Crippen LogP contribution in [0.2, 0.25) is 0 Å². The van der Waals surface area contributed by atoms with E-state index in [0.717, 1.165) is 22.4 Å². The van der Waals surface area contributed by atoms with Gasteiger partial charge < -0.3 is 9.67 Å². The number of pyridine rings is 1. The van der Waals surface area contributed by atoms with Crippen molar-refractivity contribution in [2.45, 2.75) is 31.2 Å². The first kappa shape index (κ1) is 21.9.